The van der Waals surface area contributed by atoms with E-state index >= 15 is 0 Å². The largest absolute Gasteiger partial charge is 0.497 e. The molecule has 3 rings (SSSR count). The van der Waals surface area contributed by atoms with Crippen molar-refractivity contribution in [3.05, 3.63) is 48.0 Å². The molecule has 1 unspecified atom stereocenters. The van der Waals surface area contributed by atoms with Crippen molar-refractivity contribution in [3.63, 3.8) is 0 Å². The predicted octanol–water partition coefficient (Wildman–Crippen LogP) is 4.70. The molecule has 1 heterocycles. The van der Waals surface area contributed by atoms with Crippen molar-refractivity contribution in [1.29, 1.82) is 0 Å². The number of methoxy groups -OCH3 is 2. The molecule has 2 aromatic rings. The lowest BCUT2D eigenvalue weighted by molar-refractivity contribution is -0.115. The van der Waals surface area contributed by atoms with Gasteiger partial charge in [0.25, 0.3) is 0 Å². The standard InChI is InChI=1S/C19H20N2O3S2/c1-12(26-19-21-17-7-5-4-6-13(17)11-25-19)18(22)20-14-8-15(23-2)10-16(9-14)24-3/h4-10,12H,11H2,1-3H3,(H,20,22). The number of amides is 1. The highest BCUT2D eigenvalue weighted by atomic mass is 32.2. The van der Waals surface area contributed by atoms with Crippen LogP contribution in [0.2, 0.25) is 0 Å². The fraction of sp³-hybridized carbons (Fsp3) is 0.263. The van der Waals surface area contributed by atoms with Gasteiger partial charge in [-0.05, 0) is 18.6 Å². The number of ether oxygens (including phenoxy) is 2. The summed E-state index contributed by atoms with van der Waals surface area (Å²) < 4.78 is 11.4. The quantitative estimate of drug-likeness (QED) is 0.805. The zero-order valence-electron chi connectivity index (χ0n) is 14.8. The Balaban J connectivity index is 1.66. The molecule has 1 amide bonds. The Morgan fingerprint density at radius 3 is 2.58 bits per heavy atom. The van der Waals surface area contributed by atoms with Crippen LogP contribution >= 0.6 is 23.5 Å². The SMILES string of the molecule is COc1cc(NC(=O)C(C)SC2=Nc3ccccc3CS2)cc(OC)c1. The number of nitrogens with one attached hydrogen (secondary N) is 1. The number of aliphatic imine (C=N–C) groups is 1. The van der Waals surface area contributed by atoms with Crippen LogP contribution in [-0.4, -0.2) is 29.8 Å². The van der Waals surface area contributed by atoms with E-state index < -0.39 is 0 Å². The molecule has 0 aliphatic carbocycles. The van der Waals surface area contributed by atoms with Gasteiger partial charge in [0.1, 0.15) is 15.9 Å². The van der Waals surface area contributed by atoms with E-state index in [1.165, 1.54) is 17.3 Å². The molecule has 0 fully saturated rings. The number of para-hydroxylation sites is 1. The van der Waals surface area contributed by atoms with Crippen LogP contribution in [-0.2, 0) is 10.5 Å². The molecule has 0 aromatic heterocycles. The van der Waals surface area contributed by atoms with Crippen LogP contribution in [0.3, 0.4) is 0 Å². The second-order valence-electron chi connectivity index (χ2n) is 5.65. The van der Waals surface area contributed by atoms with E-state index in [-0.39, 0.29) is 11.2 Å². The summed E-state index contributed by atoms with van der Waals surface area (Å²) in [7, 11) is 3.16. The number of carbonyl (C=O) groups is 1. The van der Waals surface area contributed by atoms with Crippen molar-refractivity contribution in [2.45, 2.75) is 17.9 Å². The second kappa shape index (κ2) is 8.51. The number of hydrogen-bond acceptors (Lipinski definition) is 6. The number of nitrogens with zero attached hydrogens (tertiary/aromatic N) is 1. The Labute approximate surface area is 161 Å². The first-order chi connectivity index (χ1) is 12.6. The molecule has 2 aromatic carbocycles. The summed E-state index contributed by atoms with van der Waals surface area (Å²) in [5.74, 6) is 2.05. The van der Waals surface area contributed by atoms with Crippen LogP contribution in [0.1, 0.15) is 12.5 Å². The average molecular weight is 389 g/mol. The third kappa shape index (κ3) is 4.53. The monoisotopic (exact) mass is 388 g/mol. The molecule has 1 aliphatic heterocycles. The van der Waals surface area contributed by atoms with Crippen LogP contribution in [0.4, 0.5) is 11.4 Å². The highest BCUT2D eigenvalue weighted by molar-refractivity contribution is 8.39. The smallest absolute Gasteiger partial charge is 0.237 e. The highest BCUT2D eigenvalue weighted by Gasteiger charge is 2.20. The molecule has 136 valence electrons. The van der Waals surface area contributed by atoms with E-state index in [1.54, 1.807) is 44.2 Å². The van der Waals surface area contributed by atoms with Crippen LogP contribution in [0.5, 0.6) is 11.5 Å². The van der Waals surface area contributed by atoms with Gasteiger partial charge in [-0.3, -0.25) is 4.79 Å². The van der Waals surface area contributed by atoms with Gasteiger partial charge >= 0.3 is 0 Å². The molecule has 1 atom stereocenters. The predicted molar refractivity (Wildman–Crippen MR) is 110 cm³/mol. The summed E-state index contributed by atoms with van der Waals surface area (Å²) in [6, 6.07) is 13.4. The average Bonchev–Trinajstić information content (AvgIpc) is 2.67. The van der Waals surface area contributed by atoms with Gasteiger partial charge in [0.15, 0.2) is 0 Å². The van der Waals surface area contributed by atoms with Gasteiger partial charge in [-0.2, -0.15) is 0 Å². The minimum absolute atomic E-state index is 0.0903. The van der Waals surface area contributed by atoms with Crippen LogP contribution in [0.15, 0.2) is 47.5 Å². The van der Waals surface area contributed by atoms with Crippen molar-refractivity contribution < 1.29 is 14.3 Å². The Morgan fingerprint density at radius 1 is 1.19 bits per heavy atom. The summed E-state index contributed by atoms with van der Waals surface area (Å²) >= 11 is 3.13. The normalized spacial score (nSPS) is 14.0. The fourth-order valence-electron chi connectivity index (χ4n) is 2.40. The number of thioether (sulfide) groups is 2. The first kappa shape index (κ1) is 18.7. The van der Waals surface area contributed by atoms with Crippen molar-refractivity contribution >= 4 is 45.2 Å². The number of hydrogen-bond donors (Lipinski definition) is 1. The minimum atomic E-state index is -0.274. The van der Waals surface area contributed by atoms with Gasteiger partial charge in [0.05, 0.1) is 25.2 Å². The van der Waals surface area contributed by atoms with Crippen molar-refractivity contribution in [3.8, 4) is 11.5 Å². The highest BCUT2D eigenvalue weighted by Crippen LogP contribution is 2.36. The van der Waals surface area contributed by atoms with E-state index in [0.717, 1.165) is 15.8 Å². The molecule has 0 spiro atoms. The number of benzene rings is 2. The van der Waals surface area contributed by atoms with E-state index in [9.17, 15) is 4.79 Å². The fourth-order valence-corrected chi connectivity index (χ4v) is 4.59. The summed E-state index contributed by atoms with van der Waals surface area (Å²) in [5, 5.41) is 2.64. The van der Waals surface area contributed by atoms with Gasteiger partial charge in [0.2, 0.25) is 5.91 Å². The minimum Gasteiger partial charge on any atom is -0.497 e. The van der Waals surface area contributed by atoms with Gasteiger partial charge in [-0.1, -0.05) is 41.7 Å². The molecular weight excluding hydrogens is 368 g/mol. The Morgan fingerprint density at radius 2 is 1.88 bits per heavy atom. The topological polar surface area (TPSA) is 59.9 Å². The van der Waals surface area contributed by atoms with Crippen LogP contribution < -0.4 is 14.8 Å². The molecule has 1 N–H and O–H groups in total. The van der Waals surface area contributed by atoms with E-state index in [0.29, 0.717) is 17.2 Å². The van der Waals surface area contributed by atoms with Gasteiger partial charge in [-0.25, -0.2) is 4.99 Å². The zero-order chi connectivity index (χ0) is 18.5. The molecule has 0 bridgehead atoms. The first-order valence-corrected chi connectivity index (χ1v) is 9.95. The molecule has 0 saturated carbocycles. The summed E-state index contributed by atoms with van der Waals surface area (Å²) in [6.45, 7) is 1.88. The molecule has 5 nitrogen and oxygen atoms in total. The van der Waals surface area contributed by atoms with Crippen molar-refractivity contribution in [2.75, 3.05) is 19.5 Å². The third-order valence-electron chi connectivity index (χ3n) is 3.82. The summed E-state index contributed by atoms with van der Waals surface area (Å²) in [5.41, 5.74) is 2.85. The lowest BCUT2D eigenvalue weighted by Gasteiger charge is -2.17. The van der Waals surface area contributed by atoms with E-state index in [1.807, 2.05) is 25.1 Å². The summed E-state index contributed by atoms with van der Waals surface area (Å²) in [4.78, 5) is 17.2. The third-order valence-corrected chi connectivity index (χ3v) is 6.12. The van der Waals surface area contributed by atoms with Crippen molar-refractivity contribution in [2.24, 2.45) is 4.99 Å². The van der Waals surface area contributed by atoms with Crippen LogP contribution in [0.25, 0.3) is 0 Å². The van der Waals surface area contributed by atoms with Gasteiger partial charge in [0, 0.05) is 29.6 Å². The Bertz CT molecular complexity index is 817. The maximum Gasteiger partial charge on any atom is 0.237 e. The summed E-state index contributed by atoms with van der Waals surface area (Å²) in [6.07, 6.45) is 0. The maximum absolute atomic E-state index is 12.6. The number of fused-ring (bicyclic) bond motifs is 1. The first-order valence-electron chi connectivity index (χ1n) is 8.09. The number of rotatable bonds is 5. The van der Waals surface area contributed by atoms with E-state index in [4.69, 9.17) is 9.47 Å². The van der Waals surface area contributed by atoms with E-state index in [2.05, 4.69) is 16.4 Å². The van der Waals surface area contributed by atoms with Crippen LogP contribution in [0, 0.1) is 0 Å². The number of anilines is 1. The Kier molecular flexibility index (Phi) is 6.11. The molecule has 1 aliphatic rings. The lowest BCUT2D eigenvalue weighted by atomic mass is 10.2. The molecule has 0 radical (unpaired) electrons. The second-order valence-corrected chi connectivity index (χ2v) is 8.20. The molecule has 26 heavy (non-hydrogen) atoms. The lowest BCUT2D eigenvalue weighted by Crippen LogP contribution is -2.23. The van der Waals surface area contributed by atoms with Crippen molar-refractivity contribution in [1.82, 2.24) is 0 Å². The molecular formula is C19H20N2O3S2. The number of carbonyl (C=O) groups excluding carboxylic acids is 1. The van der Waals surface area contributed by atoms with Gasteiger partial charge in [-0.15, -0.1) is 0 Å². The zero-order valence-corrected chi connectivity index (χ0v) is 16.4. The Hall–Kier alpha value is -2.12. The van der Waals surface area contributed by atoms with Gasteiger partial charge < -0.3 is 14.8 Å². The molecule has 7 heteroatoms. The maximum atomic E-state index is 12.6. The molecule has 0 saturated heterocycles.